The van der Waals surface area contributed by atoms with Crippen molar-refractivity contribution in [1.29, 1.82) is 0 Å². The van der Waals surface area contributed by atoms with E-state index in [0.29, 0.717) is 5.69 Å². The summed E-state index contributed by atoms with van der Waals surface area (Å²) in [5.41, 5.74) is 1.47. The van der Waals surface area contributed by atoms with Gasteiger partial charge in [-0.25, -0.2) is 19.3 Å². The number of benzene rings is 2. The SMILES string of the molecule is Fc1ccc(N2CCC(c3ncc(-c4cccc(Nc5nccc(C(F)(F)F)n5)c4)s3)C2)cc1. The van der Waals surface area contributed by atoms with Crippen LogP contribution in [-0.2, 0) is 6.18 Å². The molecule has 2 aromatic heterocycles. The molecule has 174 valence electrons. The average molecular weight is 486 g/mol. The number of nitrogens with one attached hydrogen (secondary N) is 1. The molecule has 0 amide bonds. The largest absolute Gasteiger partial charge is 0.433 e. The minimum atomic E-state index is -4.53. The summed E-state index contributed by atoms with van der Waals surface area (Å²) in [6.07, 6.45) is -0.680. The highest BCUT2D eigenvalue weighted by Gasteiger charge is 2.32. The van der Waals surface area contributed by atoms with Crippen molar-refractivity contribution in [2.45, 2.75) is 18.5 Å². The molecule has 5 rings (SSSR count). The van der Waals surface area contributed by atoms with Crippen LogP contribution >= 0.6 is 11.3 Å². The first-order valence-corrected chi connectivity index (χ1v) is 11.4. The smallest absolute Gasteiger partial charge is 0.371 e. The molecule has 4 aromatic rings. The van der Waals surface area contributed by atoms with Gasteiger partial charge in [-0.2, -0.15) is 13.2 Å². The van der Waals surface area contributed by atoms with Crippen molar-refractivity contribution in [2.24, 2.45) is 0 Å². The maximum absolute atomic E-state index is 13.2. The number of aromatic nitrogens is 3. The number of hydrogen-bond donors (Lipinski definition) is 1. The van der Waals surface area contributed by atoms with Gasteiger partial charge in [-0.05, 0) is 54.4 Å². The number of alkyl halides is 3. The van der Waals surface area contributed by atoms with Crippen molar-refractivity contribution in [3.05, 3.63) is 83.5 Å². The molecule has 1 N–H and O–H groups in total. The molecule has 2 aromatic carbocycles. The Labute approximate surface area is 197 Å². The first-order valence-electron chi connectivity index (χ1n) is 10.6. The van der Waals surface area contributed by atoms with E-state index in [4.69, 9.17) is 0 Å². The second kappa shape index (κ2) is 9.02. The normalized spacial score (nSPS) is 16.1. The second-order valence-corrected chi connectivity index (χ2v) is 9.00. The topological polar surface area (TPSA) is 53.9 Å². The van der Waals surface area contributed by atoms with Crippen LogP contribution in [0.2, 0.25) is 0 Å². The van der Waals surface area contributed by atoms with Gasteiger partial charge >= 0.3 is 6.18 Å². The van der Waals surface area contributed by atoms with Gasteiger partial charge in [0.2, 0.25) is 5.95 Å². The van der Waals surface area contributed by atoms with Gasteiger partial charge in [0, 0.05) is 42.8 Å². The van der Waals surface area contributed by atoms with E-state index in [1.165, 1.54) is 12.1 Å². The molecular formula is C24H19F4N5S. The molecule has 1 aliphatic rings. The van der Waals surface area contributed by atoms with Gasteiger partial charge in [0.1, 0.15) is 11.5 Å². The number of rotatable bonds is 5. The number of anilines is 3. The number of hydrogen-bond acceptors (Lipinski definition) is 6. The lowest BCUT2D eigenvalue weighted by Crippen LogP contribution is -2.18. The third-order valence-electron chi connectivity index (χ3n) is 5.60. The minimum Gasteiger partial charge on any atom is -0.371 e. The predicted octanol–water partition coefficient (Wildman–Crippen LogP) is 6.50. The van der Waals surface area contributed by atoms with Gasteiger partial charge in [-0.15, -0.1) is 11.3 Å². The zero-order valence-corrected chi connectivity index (χ0v) is 18.6. The molecule has 0 bridgehead atoms. The molecule has 1 unspecified atom stereocenters. The first kappa shape index (κ1) is 22.3. The summed E-state index contributed by atoms with van der Waals surface area (Å²) in [6.45, 7) is 1.69. The summed E-state index contributed by atoms with van der Waals surface area (Å²) in [5, 5.41) is 3.87. The zero-order chi connectivity index (χ0) is 23.7. The highest BCUT2D eigenvalue weighted by atomic mass is 32.1. The third-order valence-corrected chi connectivity index (χ3v) is 6.81. The van der Waals surface area contributed by atoms with E-state index >= 15 is 0 Å². The molecular weight excluding hydrogens is 466 g/mol. The van der Waals surface area contributed by atoms with Crippen LogP contribution in [0.1, 0.15) is 23.0 Å². The van der Waals surface area contributed by atoms with Crippen molar-refractivity contribution in [1.82, 2.24) is 15.0 Å². The van der Waals surface area contributed by atoms with Crippen molar-refractivity contribution >= 4 is 28.7 Å². The van der Waals surface area contributed by atoms with Gasteiger partial charge < -0.3 is 10.2 Å². The Bertz CT molecular complexity index is 1290. The summed E-state index contributed by atoms with van der Waals surface area (Å²) in [5.74, 6) is -0.0900. The maximum Gasteiger partial charge on any atom is 0.433 e. The van der Waals surface area contributed by atoms with Gasteiger partial charge in [0.25, 0.3) is 0 Å². The molecule has 34 heavy (non-hydrogen) atoms. The van der Waals surface area contributed by atoms with Crippen molar-refractivity contribution in [3.8, 4) is 10.4 Å². The fourth-order valence-electron chi connectivity index (χ4n) is 3.91. The van der Waals surface area contributed by atoms with Crippen LogP contribution in [0, 0.1) is 5.82 Å². The Balaban J connectivity index is 1.29. The minimum absolute atomic E-state index is 0.121. The molecule has 0 radical (unpaired) electrons. The first-order chi connectivity index (χ1) is 16.3. The molecule has 0 aliphatic carbocycles. The predicted molar refractivity (Wildman–Crippen MR) is 124 cm³/mol. The lowest BCUT2D eigenvalue weighted by Gasteiger charge is -2.18. The highest BCUT2D eigenvalue weighted by molar-refractivity contribution is 7.15. The Hall–Kier alpha value is -3.53. The average Bonchev–Trinajstić information content (AvgIpc) is 3.50. The van der Waals surface area contributed by atoms with Gasteiger partial charge in [0.15, 0.2) is 0 Å². The van der Waals surface area contributed by atoms with Crippen molar-refractivity contribution in [3.63, 3.8) is 0 Å². The monoisotopic (exact) mass is 485 g/mol. The second-order valence-electron chi connectivity index (χ2n) is 7.94. The molecule has 1 fully saturated rings. The molecule has 0 spiro atoms. The van der Waals surface area contributed by atoms with E-state index in [2.05, 4.69) is 25.2 Å². The Morgan fingerprint density at radius 2 is 1.85 bits per heavy atom. The molecule has 1 saturated heterocycles. The third kappa shape index (κ3) is 4.86. The molecule has 10 heteroatoms. The van der Waals surface area contributed by atoms with E-state index in [1.807, 2.05) is 24.4 Å². The quantitative estimate of drug-likeness (QED) is 0.327. The van der Waals surface area contributed by atoms with Crippen LogP contribution in [0.4, 0.5) is 34.9 Å². The van der Waals surface area contributed by atoms with Gasteiger partial charge in [-0.1, -0.05) is 12.1 Å². The van der Waals surface area contributed by atoms with Crippen LogP contribution in [-0.4, -0.2) is 28.0 Å². The van der Waals surface area contributed by atoms with Crippen LogP contribution in [0.5, 0.6) is 0 Å². The van der Waals surface area contributed by atoms with Crippen LogP contribution < -0.4 is 10.2 Å². The summed E-state index contributed by atoms with van der Waals surface area (Å²) < 4.78 is 52.0. The summed E-state index contributed by atoms with van der Waals surface area (Å²) >= 11 is 1.60. The number of nitrogens with zero attached hydrogens (tertiary/aromatic N) is 4. The lowest BCUT2D eigenvalue weighted by atomic mass is 10.1. The lowest BCUT2D eigenvalue weighted by molar-refractivity contribution is -0.141. The molecule has 1 atom stereocenters. The van der Waals surface area contributed by atoms with Crippen LogP contribution in [0.3, 0.4) is 0 Å². The zero-order valence-electron chi connectivity index (χ0n) is 17.8. The maximum atomic E-state index is 13.2. The van der Waals surface area contributed by atoms with Crippen molar-refractivity contribution in [2.75, 3.05) is 23.3 Å². The highest BCUT2D eigenvalue weighted by Crippen LogP contribution is 2.37. The van der Waals surface area contributed by atoms with Crippen LogP contribution in [0.15, 0.2) is 67.0 Å². The van der Waals surface area contributed by atoms with E-state index < -0.39 is 11.9 Å². The van der Waals surface area contributed by atoms with Crippen molar-refractivity contribution < 1.29 is 17.6 Å². The number of thiazole rings is 1. The van der Waals surface area contributed by atoms with E-state index in [9.17, 15) is 17.6 Å². The molecule has 1 aliphatic heterocycles. The van der Waals surface area contributed by atoms with Gasteiger partial charge in [0.05, 0.1) is 9.88 Å². The summed E-state index contributed by atoms with van der Waals surface area (Å²) in [4.78, 5) is 15.3. The number of halogens is 4. The van der Waals surface area contributed by atoms with E-state index in [1.54, 1.807) is 29.5 Å². The summed E-state index contributed by atoms with van der Waals surface area (Å²) in [6, 6.07) is 14.7. The Morgan fingerprint density at radius 1 is 1.03 bits per heavy atom. The molecule has 3 heterocycles. The molecule has 5 nitrogen and oxygen atoms in total. The van der Waals surface area contributed by atoms with Crippen LogP contribution in [0.25, 0.3) is 10.4 Å². The van der Waals surface area contributed by atoms with Gasteiger partial charge in [-0.3, -0.25) is 0 Å². The van der Waals surface area contributed by atoms with E-state index in [0.717, 1.165) is 52.9 Å². The standard InChI is InChI=1S/C24H19F4N5S/c25-17-4-6-19(7-5-17)33-11-9-16(14-33)22-30-13-20(34-22)15-2-1-3-18(12-15)31-23-29-10-8-21(32-23)24(26,27)28/h1-8,10,12-13,16H,9,11,14H2,(H,29,31,32). The fraction of sp³-hybridized carbons (Fsp3) is 0.208. The summed E-state index contributed by atoms with van der Waals surface area (Å²) in [7, 11) is 0. The Kier molecular flexibility index (Phi) is 5.91. The van der Waals surface area contributed by atoms with E-state index in [-0.39, 0.29) is 17.7 Å². The fourth-order valence-corrected chi connectivity index (χ4v) is 4.95. The molecule has 0 saturated carbocycles. The Morgan fingerprint density at radius 3 is 2.65 bits per heavy atom.